The van der Waals surface area contributed by atoms with E-state index in [0.29, 0.717) is 12.2 Å². The number of aryl methyl sites for hydroxylation is 1. The van der Waals surface area contributed by atoms with Gasteiger partial charge >= 0.3 is 5.97 Å². The number of aromatic amines is 1. The highest BCUT2D eigenvalue weighted by atomic mass is 16.4. The van der Waals surface area contributed by atoms with Gasteiger partial charge in [0.05, 0.1) is 11.4 Å². The lowest BCUT2D eigenvalue weighted by molar-refractivity contribution is -0.141. The molecule has 4 rings (SSSR count). The van der Waals surface area contributed by atoms with Gasteiger partial charge in [0.2, 0.25) is 0 Å². The van der Waals surface area contributed by atoms with Gasteiger partial charge < -0.3 is 10.0 Å². The first-order valence-electron chi connectivity index (χ1n) is 8.56. The number of carbonyl (C=O) groups is 2. The number of aliphatic carboxylic acids is 1. The molecule has 1 aliphatic heterocycles. The Hall–Kier alpha value is -3.15. The normalized spacial score (nSPS) is 19.8. The zero-order chi connectivity index (χ0) is 18.3. The van der Waals surface area contributed by atoms with Crippen LogP contribution in [0.5, 0.6) is 0 Å². The minimum Gasteiger partial charge on any atom is -0.481 e. The van der Waals surface area contributed by atoms with Crippen LogP contribution >= 0.6 is 0 Å². The molecule has 26 heavy (non-hydrogen) atoms. The van der Waals surface area contributed by atoms with Gasteiger partial charge in [-0.1, -0.05) is 42.0 Å². The number of aromatic nitrogens is 2. The van der Waals surface area contributed by atoms with Gasteiger partial charge in [-0.05, 0) is 24.6 Å². The van der Waals surface area contributed by atoms with Crippen molar-refractivity contribution in [3.63, 3.8) is 0 Å². The molecule has 0 unspecified atom stereocenters. The van der Waals surface area contributed by atoms with Crippen LogP contribution in [0.2, 0.25) is 0 Å². The fraction of sp³-hybridized carbons (Fsp3) is 0.250. The molecule has 132 valence electrons. The predicted molar refractivity (Wildman–Crippen MR) is 97.0 cm³/mol. The van der Waals surface area contributed by atoms with Crippen LogP contribution in [0.3, 0.4) is 0 Å². The van der Waals surface area contributed by atoms with E-state index < -0.39 is 11.9 Å². The van der Waals surface area contributed by atoms with Crippen molar-refractivity contribution in [3.05, 3.63) is 65.4 Å². The average Bonchev–Trinajstić information content (AvgIpc) is 3.26. The summed E-state index contributed by atoms with van der Waals surface area (Å²) in [6.07, 6.45) is 0. The molecule has 0 radical (unpaired) electrons. The number of hydrogen-bond acceptors (Lipinski definition) is 3. The van der Waals surface area contributed by atoms with Crippen LogP contribution in [-0.2, 0) is 4.79 Å². The molecule has 1 fully saturated rings. The molecule has 2 aromatic carbocycles. The van der Waals surface area contributed by atoms with Crippen LogP contribution in [0, 0.1) is 12.8 Å². The topological polar surface area (TPSA) is 86.3 Å². The summed E-state index contributed by atoms with van der Waals surface area (Å²) in [6, 6.07) is 15.3. The molecule has 1 saturated heterocycles. The highest BCUT2D eigenvalue weighted by Gasteiger charge is 2.41. The number of amides is 1. The molecule has 0 aliphatic carbocycles. The third-order valence-corrected chi connectivity index (χ3v) is 5.07. The summed E-state index contributed by atoms with van der Waals surface area (Å²) in [5.41, 5.74) is 3.13. The number of carboxylic acids is 1. The molecule has 0 bridgehead atoms. The van der Waals surface area contributed by atoms with Gasteiger partial charge in [-0.2, -0.15) is 5.10 Å². The van der Waals surface area contributed by atoms with E-state index in [2.05, 4.69) is 10.2 Å². The number of nitrogens with zero attached hydrogens (tertiary/aromatic N) is 2. The lowest BCUT2D eigenvalue weighted by atomic mass is 9.89. The van der Waals surface area contributed by atoms with Crippen LogP contribution < -0.4 is 0 Å². The summed E-state index contributed by atoms with van der Waals surface area (Å²) in [5, 5.41) is 17.5. The zero-order valence-corrected chi connectivity index (χ0v) is 14.3. The SMILES string of the molecule is Cc1ccc2[nH]nc(C(=O)N3C[C@H](C(=O)O)[C@@H](c4ccccc4)C3)c2c1. The molecule has 1 aliphatic rings. The average molecular weight is 349 g/mol. The molecule has 2 heterocycles. The molecule has 6 heteroatoms. The number of hydrogen-bond donors (Lipinski definition) is 2. The Morgan fingerprint density at radius 3 is 2.65 bits per heavy atom. The first-order chi connectivity index (χ1) is 12.5. The maximum atomic E-state index is 13.0. The second-order valence-electron chi connectivity index (χ2n) is 6.79. The van der Waals surface area contributed by atoms with Gasteiger partial charge in [-0.3, -0.25) is 14.7 Å². The molecular formula is C20H19N3O3. The summed E-state index contributed by atoms with van der Waals surface area (Å²) in [4.78, 5) is 26.4. The number of carbonyl (C=O) groups excluding carboxylic acids is 1. The molecule has 0 spiro atoms. The van der Waals surface area contributed by atoms with E-state index in [0.717, 1.165) is 22.0 Å². The van der Waals surface area contributed by atoms with Gasteiger partial charge in [-0.15, -0.1) is 0 Å². The van der Waals surface area contributed by atoms with Crippen LogP contribution in [0.25, 0.3) is 10.9 Å². The number of carboxylic acid groups (broad SMARTS) is 1. The molecule has 0 saturated carbocycles. The standard InChI is InChI=1S/C20H19N3O3/c1-12-7-8-17-14(9-12)18(22-21-17)19(24)23-10-15(16(11-23)20(25)26)13-5-3-2-4-6-13/h2-9,15-16H,10-11H2,1H3,(H,21,22)(H,25,26)/t15-,16+/m1/s1. The summed E-state index contributed by atoms with van der Waals surface area (Å²) >= 11 is 0. The Morgan fingerprint density at radius 1 is 1.15 bits per heavy atom. The van der Waals surface area contributed by atoms with E-state index in [9.17, 15) is 14.7 Å². The molecule has 2 atom stereocenters. The largest absolute Gasteiger partial charge is 0.481 e. The third kappa shape index (κ3) is 2.73. The van der Waals surface area contributed by atoms with E-state index in [-0.39, 0.29) is 18.4 Å². The summed E-state index contributed by atoms with van der Waals surface area (Å²) in [5.74, 6) is -1.94. The Bertz CT molecular complexity index is 980. The first kappa shape index (κ1) is 16.3. The number of fused-ring (bicyclic) bond motifs is 1. The van der Waals surface area contributed by atoms with Crippen molar-refractivity contribution in [1.29, 1.82) is 0 Å². The Kier molecular flexibility index (Phi) is 3.95. The molecular weight excluding hydrogens is 330 g/mol. The van der Waals surface area contributed by atoms with Gasteiger partial charge in [0.25, 0.3) is 5.91 Å². The summed E-state index contributed by atoms with van der Waals surface area (Å²) in [6.45, 7) is 2.52. The molecule has 1 amide bonds. The smallest absolute Gasteiger partial charge is 0.308 e. The molecule has 6 nitrogen and oxygen atoms in total. The van der Waals surface area contributed by atoms with Crippen LogP contribution in [0.1, 0.15) is 27.5 Å². The van der Waals surface area contributed by atoms with Crippen molar-refractivity contribution in [2.24, 2.45) is 5.92 Å². The van der Waals surface area contributed by atoms with E-state index in [1.165, 1.54) is 0 Å². The molecule has 2 N–H and O–H groups in total. The number of benzene rings is 2. The van der Waals surface area contributed by atoms with E-state index in [4.69, 9.17) is 0 Å². The van der Waals surface area contributed by atoms with Crippen molar-refractivity contribution in [2.45, 2.75) is 12.8 Å². The van der Waals surface area contributed by atoms with Crippen LogP contribution in [-0.4, -0.2) is 45.2 Å². The second kappa shape index (κ2) is 6.29. The van der Waals surface area contributed by atoms with Crippen molar-refractivity contribution in [1.82, 2.24) is 15.1 Å². The quantitative estimate of drug-likeness (QED) is 0.761. The van der Waals surface area contributed by atoms with Gasteiger partial charge in [-0.25, -0.2) is 0 Å². The van der Waals surface area contributed by atoms with Crippen molar-refractivity contribution >= 4 is 22.8 Å². The first-order valence-corrected chi connectivity index (χ1v) is 8.56. The third-order valence-electron chi connectivity index (χ3n) is 5.07. The summed E-state index contributed by atoms with van der Waals surface area (Å²) < 4.78 is 0. The minimum atomic E-state index is -0.878. The van der Waals surface area contributed by atoms with Gasteiger partial charge in [0.1, 0.15) is 0 Å². The minimum absolute atomic E-state index is 0.188. The number of rotatable bonds is 3. The maximum Gasteiger partial charge on any atom is 0.308 e. The fourth-order valence-corrected chi connectivity index (χ4v) is 3.70. The van der Waals surface area contributed by atoms with Crippen molar-refractivity contribution in [3.8, 4) is 0 Å². The van der Waals surface area contributed by atoms with E-state index in [1.807, 2.05) is 55.5 Å². The van der Waals surface area contributed by atoms with Gasteiger partial charge in [0.15, 0.2) is 5.69 Å². The molecule has 1 aromatic heterocycles. The second-order valence-corrected chi connectivity index (χ2v) is 6.79. The van der Waals surface area contributed by atoms with Crippen molar-refractivity contribution < 1.29 is 14.7 Å². The lowest BCUT2D eigenvalue weighted by Crippen LogP contribution is -2.30. The fourth-order valence-electron chi connectivity index (χ4n) is 3.70. The maximum absolute atomic E-state index is 13.0. The van der Waals surface area contributed by atoms with Crippen molar-refractivity contribution in [2.75, 3.05) is 13.1 Å². The molecule has 3 aromatic rings. The van der Waals surface area contributed by atoms with E-state index in [1.54, 1.807) is 4.90 Å². The Balaban J connectivity index is 1.66. The van der Waals surface area contributed by atoms with E-state index >= 15 is 0 Å². The highest BCUT2D eigenvalue weighted by molar-refractivity contribution is 6.05. The number of H-pyrrole nitrogens is 1. The zero-order valence-electron chi connectivity index (χ0n) is 14.3. The summed E-state index contributed by atoms with van der Waals surface area (Å²) in [7, 11) is 0. The number of likely N-dealkylation sites (tertiary alicyclic amines) is 1. The lowest BCUT2D eigenvalue weighted by Gasteiger charge is -2.15. The predicted octanol–water partition coefficient (Wildman–Crippen LogP) is 2.81. The van der Waals surface area contributed by atoms with Gasteiger partial charge in [0, 0.05) is 24.4 Å². The monoisotopic (exact) mass is 349 g/mol. The Labute approximate surface area is 150 Å². The highest BCUT2D eigenvalue weighted by Crippen LogP contribution is 2.34. The van der Waals surface area contributed by atoms with Crippen LogP contribution in [0.4, 0.5) is 0 Å². The number of nitrogens with one attached hydrogen (secondary N) is 1. The van der Waals surface area contributed by atoms with Crippen LogP contribution in [0.15, 0.2) is 48.5 Å². The Morgan fingerprint density at radius 2 is 1.92 bits per heavy atom.